The maximum absolute atomic E-state index is 13.5. The molecule has 1 saturated carbocycles. The predicted octanol–water partition coefficient (Wildman–Crippen LogP) is 5.03. The van der Waals surface area contributed by atoms with Crippen LogP contribution in [0.15, 0.2) is 47.3 Å². The minimum Gasteiger partial charge on any atom is -0.493 e. The van der Waals surface area contributed by atoms with Gasteiger partial charge in [0.1, 0.15) is 5.82 Å². The minimum absolute atomic E-state index is 0.0158. The number of hydrogen-bond acceptors (Lipinski definition) is 4. The van der Waals surface area contributed by atoms with E-state index < -0.39 is 0 Å². The molecule has 0 atom stereocenters. The van der Waals surface area contributed by atoms with Crippen molar-refractivity contribution in [2.24, 2.45) is 5.92 Å². The van der Waals surface area contributed by atoms with Gasteiger partial charge < -0.3 is 19.4 Å². The van der Waals surface area contributed by atoms with Crippen LogP contribution >= 0.6 is 0 Å². The fourth-order valence-corrected chi connectivity index (χ4v) is 4.69. The summed E-state index contributed by atoms with van der Waals surface area (Å²) in [5.74, 6) is 1.51. The molecule has 3 aromatic rings. The Morgan fingerprint density at radius 1 is 1.00 bits per heavy atom. The second-order valence-corrected chi connectivity index (χ2v) is 8.59. The standard InChI is InChI=1S/C26H31FN2O3/c1-31-24-13-20-12-21(16-28-15-19-9-6-10-22(27)11-19)26(30)29(23(20)14-25(24)32-2)17-18-7-4-3-5-8-18/h6,9-14,18,28H,3-5,7-8,15-17H2,1-2H3. The van der Waals surface area contributed by atoms with E-state index in [1.165, 1.54) is 31.4 Å². The molecule has 5 nitrogen and oxygen atoms in total. The Hall–Kier alpha value is -2.86. The van der Waals surface area contributed by atoms with Crippen molar-refractivity contribution in [2.45, 2.75) is 51.7 Å². The lowest BCUT2D eigenvalue weighted by Gasteiger charge is -2.24. The normalized spacial score (nSPS) is 14.6. The molecule has 0 aliphatic heterocycles. The van der Waals surface area contributed by atoms with E-state index in [0.29, 0.717) is 42.6 Å². The van der Waals surface area contributed by atoms with Crippen molar-refractivity contribution in [3.05, 3.63) is 69.8 Å². The molecule has 6 heteroatoms. The molecule has 0 spiro atoms. The van der Waals surface area contributed by atoms with Gasteiger partial charge in [0.25, 0.3) is 5.56 Å². The summed E-state index contributed by atoms with van der Waals surface area (Å²) in [4.78, 5) is 13.5. The molecule has 170 valence electrons. The maximum Gasteiger partial charge on any atom is 0.255 e. The summed E-state index contributed by atoms with van der Waals surface area (Å²) in [5, 5.41) is 4.24. The lowest BCUT2D eigenvalue weighted by Crippen LogP contribution is -2.30. The highest BCUT2D eigenvalue weighted by molar-refractivity contribution is 5.83. The number of benzene rings is 2. The van der Waals surface area contributed by atoms with E-state index in [9.17, 15) is 9.18 Å². The van der Waals surface area contributed by atoms with Crippen molar-refractivity contribution in [2.75, 3.05) is 14.2 Å². The molecule has 2 aromatic carbocycles. The summed E-state index contributed by atoms with van der Waals surface area (Å²) < 4.78 is 26.4. The molecule has 1 aliphatic carbocycles. The first-order valence-electron chi connectivity index (χ1n) is 11.3. The highest BCUT2D eigenvalue weighted by atomic mass is 19.1. The number of nitrogens with one attached hydrogen (secondary N) is 1. The molecule has 0 radical (unpaired) electrons. The van der Waals surface area contributed by atoms with Gasteiger partial charge in [-0.05, 0) is 48.6 Å². The van der Waals surface area contributed by atoms with Crippen molar-refractivity contribution in [3.8, 4) is 11.5 Å². The van der Waals surface area contributed by atoms with Crippen LogP contribution in [0, 0.1) is 11.7 Å². The van der Waals surface area contributed by atoms with Gasteiger partial charge in [0.15, 0.2) is 11.5 Å². The average molecular weight is 439 g/mol. The zero-order valence-electron chi connectivity index (χ0n) is 18.8. The quantitative estimate of drug-likeness (QED) is 0.536. The van der Waals surface area contributed by atoms with Gasteiger partial charge in [-0.2, -0.15) is 0 Å². The van der Waals surface area contributed by atoms with Crippen LogP contribution in [0.3, 0.4) is 0 Å². The fourth-order valence-electron chi connectivity index (χ4n) is 4.69. The molecule has 1 heterocycles. The van der Waals surface area contributed by atoms with Crippen molar-refractivity contribution in [3.63, 3.8) is 0 Å². The summed E-state index contributed by atoms with van der Waals surface area (Å²) in [5.41, 5.74) is 2.42. The Morgan fingerprint density at radius 2 is 1.75 bits per heavy atom. The molecule has 4 rings (SSSR count). The smallest absolute Gasteiger partial charge is 0.255 e. The van der Waals surface area contributed by atoms with Crippen LogP contribution in [0.5, 0.6) is 11.5 Å². The number of ether oxygens (including phenoxy) is 2. The van der Waals surface area contributed by atoms with Gasteiger partial charge in [0.2, 0.25) is 0 Å². The van der Waals surface area contributed by atoms with Crippen LogP contribution in [0.4, 0.5) is 4.39 Å². The Kier molecular flexibility index (Phi) is 7.10. The minimum atomic E-state index is -0.258. The van der Waals surface area contributed by atoms with Crippen LogP contribution in [0.1, 0.15) is 43.2 Å². The molecular formula is C26H31FN2O3. The van der Waals surface area contributed by atoms with E-state index in [4.69, 9.17) is 9.47 Å². The van der Waals surface area contributed by atoms with E-state index in [1.807, 2.05) is 28.8 Å². The van der Waals surface area contributed by atoms with E-state index in [1.54, 1.807) is 20.3 Å². The largest absolute Gasteiger partial charge is 0.493 e. The Bertz CT molecular complexity index is 1140. The third kappa shape index (κ3) is 4.96. The van der Waals surface area contributed by atoms with Crippen LogP contribution in [0.25, 0.3) is 10.9 Å². The first-order chi connectivity index (χ1) is 15.6. The number of fused-ring (bicyclic) bond motifs is 1. The third-order valence-corrected chi connectivity index (χ3v) is 6.37. The maximum atomic E-state index is 13.5. The number of aromatic nitrogens is 1. The zero-order valence-corrected chi connectivity index (χ0v) is 18.8. The molecule has 1 fully saturated rings. The number of rotatable bonds is 8. The number of pyridine rings is 1. The Balaban J connectivity index is 1.68. The van der Waals surface area contributed by atoms with Gasteiger partial charge in [0, 0.05) is 36.7 Å². The summed E-state index contributed by atoms with van der Waals surface area (Å²) in [6, 6.07) is 12.3. The first kappa shape index (κ1) is 22.3. The van der Waals surface area contributed by atoms with Crippen molar-refractivity contribution in [1.82, 2.24) is 9.88 Å². The molecule has 32 heavy (non-hydrogen) atoms. The number of hydrogen-bond donors (Lipinski definition) is 1. The molecule has 0 saturated heterocycles. The first-order valence-corrected chi connectivity index (χ1v) is 11.3. The van der Waals surface area contributed by atoms with Gasteiger partial charge in [-0.15, -0.1) is 0 Å². The van der Waals surface area contributed by atoms with Crippen LogP contribution in [-0.2, 0) is 19.6 Å². The molecule has 1 aliphatic rings. The summed E-state index contributed by atoms with van der Waals surface area (Å²) >= 11 is 0. The highest BCUT2D eigenvalue weighted by Crippen LogP contribution is 2.33. The molecule has 0 unspecified atom stereocenters. The fraction of sp³-hybridized carbons (Fsp3) is 0.423. The second kappa shape index (κ2) is 10.2. The lowest BCUT2D eigenvalue weighted by molar-refractivity contribution is 0.319. The lowest BCUT2D eigenvalue weighted by atomic mass is 9.89. The third-order valence-electron chi connectivity index (χ3n) is 6.37. The van der Waals surface area contributed by atoms with Crippen molar-refractivity contribution < 1.29 is 13.9 Å². The SMILES string of the molecule is COc1cc2cc(CNCc3cccc(F)c3)c(=O)n(CC3CCCCC3)c2cc1OC. The van der Waals surface area contributed by atoms with Crippen molar-refractivity contribution in [1.29, 1.82) is 0 Å². The number of nitrogens with zero attached hydrogens (tertiary/aromatic N) is 1. The Labute approximate surface area is 188 Å². The van der Waals surface area contributed by atoms with Gasteiger partial charge in [-0.25, -0.2) is 4.39 Å². The molecule has 0 bridgehead atoms. The molecular weight excluding hydrogens is 407 g/mol. The topological polar surface area (TPSA) is 52.5 Å². The van der Waals surface area contributed by atoms with E-state index >= 15 is 0 Å². The number of methoxy groups -OCH3 is 2. The number of halogens is 1. The van der Waals surface area contributed by atoms with E-state index in [2.05, 4.69) is 5.32 Å². The van der Waals surface area contributed by atoms with Gasteiger partial charge >= 0.3 is 0 Å². The molecule has 1 N–H and O–H groups in total. The predicted molar refractivity (Wildman–Crippen MR) is 125 cm³/mol. The average Bonchev–Trinajstić information content (AvgIpc) is 2.81. The molecule has 1 aromatic heterocycles. The van der Waals surface area contributed by atoms with Gasteiger partial charge in [-0.1, -0.05) is 31.4 Å². The van der Waals surface area contributed by atoms with Gasteiger partial charge in [-0.3, -0.25) is 4.79 Å². The van der Waals surface area contributed by atoms with Crippen LogP contribution < -0.4 is 20.3 Å². The van der Waals surface area contributed by atoms with E-state index in [0.717, 1.165) is 29.3 Å². The summed E-state index contributed by atoms with van der Waals surface area (Å²) in [7, 11) is 3.22. The van der Waals surface area contributed by atoms with E-state index in [-0.39, 0.29) is 11.4 Å². The van der Waals surface area contributed by atoms with Crippen molar-refractivity contribution >= 4 is 10.9 Å². The molecule has 0 amide bonds. The van der Waals surface area contributed by atoms with Gasteiger partial charge in [0.05, 0.1) is 19.7 Å². The summed E-state index contributed by atoms with van der Waals surface area (Å²) in [6.07, 6.45) is 6.04. The van der Waals surface area contributed by atoms with Crippen LogP contribution in [-0.4, -0.2) is 18.8 Å². The zero-order chi connectivity index (χ0) is 22.5. The summed E-state index contributed by atoms with van der Waals surface area (Å²) in [6.45, 7) is 1.61. The Morgan fingerprint density at radius 3 is 2.47 bits per heavy atom. The highest BCUT2D eigenvalue weighted by Gasteiger charge is 2.19. The second-order valence-electron chi connectivity index (χ2n) is 8.59. The monoisotopic (exact) mass is 438 g/mol. The van der Waals surface area contributed by atoms with Crippen LogP contribution in [0.2, 0.25) is 0 Å².